The third-order valence-corrected chi connectivity index (χ3v) is 10.2. The molecule has 2 N–H and O–H groups in total. The lowest BCUT2D eigenvalue weighted by atomic mass is 9.81. The maximum Gasteiger partial charge on any atom is 0.416 e. The minimum Gasteiger partial charge on any atom is -0.504 e. The largest absolute Gasteiger partial charge is 0.504 e. The summed E-state index contributed by atoms with van der Waals surface area (Å²) < 4.78 is 46.8. The number of anilines is 3. The van der Waals surface area contributed by atoms with E-state index >= 15 is 0 Å². The molecule has 18 heteroatoms. The van der Waals surface area contributed by atoms with Crippen LogP contribution in [0.2, 0.25) is 5.02 Å². The maximum absolute atomic E-state index is 14.6. The van der Waals surface area contributed by atoms with E-state index < -0.39 is 23.6 Å². The molecule has 4 aromatic rings. The second-order valence-electron chi connectivity index (χ2n) is 12.9. The number of aromatic nitrogens is 5. The van der Waals surface area contributed by atoms with Gasteiger partial charge in [-0.05, 0) is 44.4 Å². The van der Waals surface area contributed by atoms with Gasteiger partial charge in [0.25, 0.3) is 5.91 Å². The number of carbonyl (C=O) groups is 2. The Morgan fingerprint density at radius 2 is 1.83 bits per heavy atom. The van der Waals surface area contributed by atoms with E-state index in [4.69, 9.17) is 21.3 Å². The highest BCUT2D eigenvalue weighted by Gasteiger charge is 2.47. The van der Waals surface area contributed by atoms with Crippen LogP contribution in [0.1, 0.15) is 47.2 Å². The number of alkyl halides is 3. The summed E-state index contributed by atoms with van der Waals surface area (Å²) in [6.07, 6.45) is -0.179. The summed E-state index contributed by atoms with van der Waals surface area (Å²) in [7, 11) is 0. The van der Waals surface area contributed by atoms with Crippen molar-refractivity contribution in [2.75, 3.05) is 54.5 Å². The van der Waals surface area contributed by atoms with E-state index in [0.29, 0.717) is 62.8 Å². The molecule has 2 amide bonds. The molecule has 2 aliphatic heterocycles. The third-order valence-electron chi connectivity index (χ3n) is 9.91. The van der Waals surface area contributed by atoms with E-state index in [1.165, 1.54) is 6.33 Å². The van der Waals surface area contributed by atoms with Crippen LogP contribution in [0.25, 0.3) is 11.2 Å². The van der Waals surface area contributed by atoms with E-state index in [-0.39, 0.29) is 76.2 Å². The highest BCUT2D eigenvalue weighted by molar-refractivity contribution is 6.33. The SMILES string of the molecule is CCc1c(N2CCN(C(=O)c3ncnc(C)c3O)[C@H]3CC[C@@H]32)c(=O)c2nc(N3CCOCC3)cnc2n1CC(=O)Nc1ccc(C(F)(F)F)cc1Cl. The summed E-state index contributed by atoms with van der Waals surface area (Å²) in [5.41, 5.74) is -0.0604. The summed E-state index contributed by atoms with van der Waals surface area (Å²) in [6, 6.07) is 2.14. The van der Waals surface area contributed by atoms with Crippen molar-refractivity contribution in [2.24, 2.45) is 0 Å². The predicted octanol–water partition coefficient (Wildman–Crippen LogP) is 3.80. The monoisotopic (exact) mass is 741 g/mol. The molecule has 0 spiro atoms. The van der Waals surface area contributed by atoms with Gasteiger partial charge < -0.3 is 34.4 Å². The van der Waals surface area contributed by atoms with Gasteiger partial charge >= 0.3 is 6.18 Å². The average molecular weight is 742 g/mol. The van der Waals surface area contributed by atoms with Crippen molar-refractivity contribution in [1.29, 1.82) is 0 Å². The number of carbonyl (C=O) groups excluding carboxylic acids is 2. The third kappa shape index (κ3) is 6.35. The zero-order valence-corrected chi connectivity index (χ0v) is 29.0. The number of morpholine rings is 1. The summed E-state index contributed by atoms with van der Waals surface area (Å²) in [4.78, 5) is 64.8. The van der Waals surface area contributed by atoms with Gasteiger partial charge in [-0.1, -0.05) is 18.5 Å². The smallest absolute Gasteiger partial charge is 0.416 e. The van der Waals surface area contributed by atoms with Gasteiger partial charge in [-0.2, -0.15) is 13.2 Å². The van der Waals surface area contributed by atoms with Crippen LogP contribution in [0.5, 0.6) is 5.75 Å². The van der Waals surface area contributed by atoms with Crippen LogP contribution in [0.4, 0.5) is 30.4 Å². The number of amides is 2. The standard InChI is InChI=1S/C34H35ClF3N9O5/c1-3-22-29(45-8-9-46(24-7-6-23(24)45)33(51)28-30(49)18(2)40-17-41-28)31(50)27-32(39-15-25(43-27)44-10-12-52-13-11-44)47(22)16-26(48)42-21-5-4-19(14-20(21)35)34(36,37)38/h4-5,14-15,17,23-24,49H,3,6-13,16H2,1-2H3,(H,42,48)/t23-,24-/m0/s1. The Kier molecular flexibility index (Phi) is 9.41. The molecule has 5 heterocycles. The number of aryl methyl sites for hydroxylation is 1. The van der Waals surface area contributed by atoms with Gasteiger partial charge in [0.15, 0.2) is 22.6 Å². The Morgan fingerprint density at radius 3 is 2.50 bits per heavy atom. The molecule has 2 saturated heterocycles. The molecule has 1 aliphatic carbocycles. The second kappa shape index (κ2) is 13.8. The van der Waals surface area contributed by atoms with Gasteiger partial charge in [0.1, 0.15) is 24.4 Å². The van der Waals surface area contributed by atoms with Crippen LogP contribution in [-0.4, -0.2) is 97.8 Å². The van der Waals surface area contributed by atoms with E-state index in [0.717, 1.165) is 18.2 Å². The zero-order valence-electron chi connectivity index (χ0n) is 28.3. The number of hydrogen-bond acceptors (Lipinski definition) is 11. The van der Waals surface area contributed by atoms with E-state index in [2.05, 4.69) is 20.3 Å². The second-order valence-corrected chi connectivity index (χ2v) is 13.3. The summed E-state index contributed by atoms with van der Waals surface area (Å²) in [5.74, 6) is -0.832. The van der Waals surface area contributed by atoms with Gasteiger partial charge in [-0.25, -0.2) is 19.9 Å². The van der Waals surface area contributed by atoms with Crippen LogP contribution >= 0.6 is 11.6 Å². The van der Waals surface area contributed by atoms with Crippen molar-refractivity contribution in [3.8, 4) is 5.75 Å². The number of nitrogens with zero attached hydrogens (tertiary/aromatic N) is 8. The molecule has 7 rings (SSSR count). The first-order valence-corrected chi connectivity index (χ1v) is 17.2. The summed E-state index contributed by atoms with van der Waals surface area (Å²) in [6.45, 7) is 5.64. The fourth-order valence-electron chi connectivity index (χ4n) is 7.15. The van der Waals surface area contributed by atoms with Crippen LogP contribution < -0.4 is 20.5 Å². The molecule has 274 valence electrons. The topological polar surface area (TPSA) is 159 Å². The molecule has 14 nitrogen and oxygen atoms in total. The van der Waals surface area contributed by atoms with Crippen LogP contribution in [-0.2, 0) is 28.7 Å². The number of fused-ring (bicyclic) bond motifs is 2. The molecule has 0 bridgehead atoms. The number of halogens is 4. The van der Waals surface area contributed by atoms with Gasteiger partial charge in [-0.3, -0.25) is 14.4 Å². The quantitative estimate of drug-likeness (QED) is 0.284. The Bertz CT molecular complexity index is 2130. The molecule has 2 atom stereocenters. The normalized spacial score (nSPS) is 19.0. The van der Waals surface area contributed by atoms with Gasteiger partial charge in [0, 0.05) is 37.9 Å². The number of nitrogens with one attached hydrogen (secondary N) is 1. The Labute approximate surface area is 300 Å². The first-order valence-electron chi connectivity index (χ1n) is 16.9. The maximum atomic E-state index is 14.6. The lowest BCUT2D eigenvalue weighted by Gasteiger charge is -2.54. The molecule has 0 radical (unpaired) electrons. The number of ether oxygens (including phenoxy) is 1. The van der Waals surface area contributed by atoms with Crippen molar-refractivity contribution in [1.82, 2.24) is 29.4 Å². The number of rotatable bonds is 7. The van der Waals surface area contributed by atoms with Crippen molar-refractivity contribution in [3.63, 3.8) is 0 Å². The van der Waals surface area contributed by atoms with Crippen LogP contribution in [0.3, 0.4) is 0 Å². The molecule has 1 saturated carbocycles. The molecule has 1 aromatic carbocycles. The number of hydrogen-bond donors (Lipinski definition) is 2. The zero-order chi connectivity index (χ0) is 36.9. The van der Waals surface area contributed by atoms with Gasteiger partial charge in [0.05, 0.1) is 47.4 Å². The first-order chi connectivity index (χ1) is 24.9. The molecule has 3 aliphatic rings. The van der Waals surface area contributed by atoms with Gasteiger partial charge in [0.2, 0.25) is 11.3 Å². The van der Waals surface area contributed by atoms with Gasteiger partial charge in [-0.15, -0.1) is 0 Å². The first kappa shape index (κ1) is 35.4. The van der Waals surface area contributed by atoms with Crippen molar-refractivity contribution >= 4 is 51.8 Å². The van der Waals surface area contributed by atoms with Crippen molar-refractivity contribution in [3.05, 3.63) is 68.6 Å². The van der Waals surface area contributed by atoms with E-state index in [1.54, 1.807) is 22.6 Å². The van der Waals surface area contributed by atoms with Crippen molar-refractivity contribution < 1.29 is 32.6 Å². The predicted molar refractivity (Wildman–Crippen MR) is 185 cm³/mol. The Hall–Kier alpha value is -5.03. The Morgan fingerprint density at radius 1 is 1.08 bits per heavy atom. The minimum atomic E-state index is -4.61. The van der Waals surface area contributed by atoms with Crippen LogP contribution in [0.15, 0.2) is 35.5 Å². The Balaban J connectivity index is 1.27. The number of pyridine rings is 1. The molecule has 3 fully saturated rings. The molecular formula is C34H35ClF3N9O5. The van der Waals surface area contributed by atoms with E-state index in [1.807, 2.05) is 16.7 Å². The number of aromatic hydroxyl groups is 1. The molecule has 52 heavy (non-hydrogen) atoms. The molecule has 0 unspecified atom stereocenters. The summed E-state index contributed by atoms with van der Waals surface area (Å²) >= 11 is 6.15. The number of piperazine rings is 1. The molecule has 3 aromatic heterocycles. The lowest BCUT2D eigenvalue weighted by Crippen LogP contribution is -2.67. The average Bonchev–Trinajstić information content (AvgIpc) is 3.11. The fraction of sp³-hybridized carbons (Fsp3) is 0.441. The van der Waals surface area contributed by atoms with Crippen LogP contribution in [0, 0.1) is 6.92 Å². The highest BCUT2D eigenvalue weighted by Crippen LogP contribution is 2.39. The summed E-state index contributed by atoms with van der Waals surface area (Å²) in [5, 5.41) is 12.9. The van der Waals surface area contributed by atoms with Crippen molar-refractivity contribution in [2.45, 2.75) is 57.9 Å². The fourth-order valence-corrected chi connectivity index (χ4v) is 7.37. The van der Waals surface area contributed by atoms with E-state index in [9.17, 15) is 32.7 Å². The highest BCUT2D eigenvalue weighted by atomic mass is 35.5. The lowest BCUT2D eigenvalue weighted by molar-refractivity contribution is -0.137. The number of benzene rings is 1. The molecular weight excluding hydrogens is 707 g/mol. The minimum absolute atomic E-state index is 0.00741.